The first kappa shape index (κ1) is 15.2. The zero-order chi connectivity index (χ0) is 14.6. The molecule has 2 heteroatoms. The fourth-order valence-electron chi connectivity index (χ4n) is 2.63. The number of Topliss-reactive ketones (excluding diaryl/α,β-unsaturated/α-hetero) is 1. The number of benzene rings is 1. The zero-order valence-corrected chi connectivity index (χ0v) is 12.9. The molecule has 0 aliphatic carbocycles. The lowest BCUT2D eigenvalue weighted by Crippen LogP contribution is -2.12. The van der Waals surface area contributed by atoms with Crippen molar-refractivity contribution in [2.24, 2.45) is 0 Å². The molecule has 0 N–H and O–H groups in total. The molecule has 1 heterocycles. The minimum Gasteiger partial charge on any atom is -0.378 e. The molecule has 1 aromatic rings. The van der Waals surface area contributed by atoms with E-state index in [0.717, 1.165) is 31.4 Å². The molecule has 1 unspecified atom stereocenters. The minimum atomic E-state index is 0.169. The van der Waals surface area contributed by atoms with Crippen molar-refractivity contribution in [2.75, 3.05) is 6.61 Å². The second kappa shape index (κ2) is 6.53. The summed E-state index contributed by atoms with van der Waals surface area (Å²) < 4.78 is 5.55. The van der Waals surface area contributed by atoms with Crippen LogP contribution in [-0.2, 0) is 21.4 Å². The molecule has 1 aliphatic rings. The summed E-state index contributed by atoms with van der Waals surface area (Å²) in [4.78, 5) is 12.0. The molecule has 1 fully saturated rings. The van der Waals surface area contributed by atoms with E-state index in [1.54, 1.807) is 0 Å². The third-order valence-electron chi connectivity index (χ3n) is 3.99. The molecule has 2 rings (SSSR count). The summed E-state index contributed by atoms with van der Waals surface area (Å²) in [5.41, 5.74) is 2.60. The van der Waals surface area contributed by atoms with Gasteiger partial charge in [0.2, 0.25) is 0 Å². The lowest BCUT2D eigenvalue weighted by molar-refractivity contribution is -0.119. The van der Waals surface area contributed by atoms with Crippen molar-refractivity contribution in [3.63, 3.8) is 0 Å². The number of carbonyl (C=O) groups is 1. The first-order chi connectivity index (χ1) is 9.45. The van der Waals surface area contributed by atoms with Crippen LogP contribution >= 0.6 is 0 Å². The van der Waals surface area contributed by atoms with Gasteiger partial charge in [0, 0.05) is 19.4 Å². The first-order valence-electron chi connectivity index (χ1n) is 7.68. The second-order valence-electron chi connectivity index (χ2n) is 6.84. The van der Waals surface area contributed by atoms with Crippen LogP contribution in [0.4, 0.5) is 0 Å². The van der Waals surface area contributed by atoms with Gasteiger partial charge in [-0.15, -0.1) is 0 Å². The molecular weight excluding hydrogens is 248 g/mol. The third-order valence-corrected chi connectivity index (χ3v) is 3.99. The highest BCUT2D eigenvalue weighted by Gasteiger charge is 2.17. The van der Waals surface area contributed by atoms with Gasteiger partial charge in [-0.25, -0.2) is 0 Å². The number of hydrogen-bond donors (Lipinski definition) is 0. The van der Waals surface area contributed by atoms with Crippen molar-refractivity contribution >= 4 is 5.78 Å². The predicted octanol–water partition coefficient (Wildman–Crippen LogP) is 4.05. The summed E-state index contributed by atoms with van der Waals surface area (Å²) >= 11 is 0. The normalized spacial score (nSPS) is 19.2. The zero-order valence-electron chi connectivity index (χ0n) is 12.9. The van der Waals surface area contributed by atoms with E-state index in [4.69, 9.17) is 4.74 Å². The summed E-state index contributed by atoms with van der Waals surface area (Å²) in [5.74, 6) is 0.323. The van der Waals surface area contributed by atoms with E-state index in [1.807, 2.05) is 0 Å². The van der Waals surface area contributed by atoms with Crippen LogP contribution in [0.1, 0.15) is 57.6 Å². The number of rotatable bonds is 5. The van der Waals surface area contributed by atoms with Gasteiger partial charge >= 0.3 is 0 Å². The fourth-order valence-corrected chi connectivity index (χ4v) is 2.63. The standard InChI is InChI=1S/C18H26O2/c1-18(2,3)15-8-6-14(7-9-15)13-16(19)10-11-17-5-4-12-20-17/h6-9,17H,4-5,10-13H2,1-3H3. The molecule has 0 radical (unpaired) electrons. The Morgan fingerprint density at radius 3 is 2.50 bits per heavy atom. The molecule has 1 aliphatic heterocycles. The molecule has 110 valence electrons. The van der Waals surface area contributed by atoms with E-state index in [1.165, 1.54) is 5.56 Å². The van der Waals surface area contributed by atoms with Crippen LogP contribution in [0.2, 0.25) is 0 Å². The van der Waals surface area contributed by atoms with Crippen LogP contribution in [0.15, 0.2) is 24.3 Å². The largest absolute Gasteiger partial charge is 0.378 e. The average Bonchev–Trinajstić information content (AvgIpc) is 2.89. The van der Waals surface area contributed by atoms with E-state index in [0.29, 0.717) is 24.7 Å². The quantitative estimate of drug-likeness (QED) is 0.809. The van der Waals surface area contributed by atoms with Gasteiger partial charge in [0.05, 0.1) is 6.10 Å². The number of hydrogen-bond acceptors (Lipinski definition) is 2. The SMILES string of the molecule is CC(C)(C)c1ccc(CC(=O)CCC2CCCO2)cc1. The van der Waals surface area contributed by atoms with Crippen molar-refractivity contribution in [3.8, 4) is 0 Å². The van der Waals surface area contributed by atoms with Crippen molar-refractivity contribution in [2.45, 2.75) is 64.4 Å². The Hall–Kier alpha value is -1.15. The topological polar surface area (TPSA) is 26.3 Å². The van der Waals surface area contributed by atoms with Gasteiger partial charge in [0.25, 0.3) is 0 Å². The molecule has 1 saturated heterocycles. The van der Waals surface area contributed by atoms with Gasteiger partial charge in [-0.1, -0.05) is 45.0 Å². The van der Waals surface area contributed by atoms with E-state index in [2.05, 4.69) is 45.0 Å². The highest BCUT2D eigenvalue weighted by molar-refractivity contribution is 5.80. The van der Waals surface area contributed by atoms with E-state index < -0.39 is 0 Å². The van der Waals surface area contributed by atoms with Crippen LogP contribution in [0.25, 0.3) is 0 Å². The molecule has 0 bridgehead atoms. The van der Waals surface area contributed by atoms with E-state index in [9.17, 15) is 4.79 Å². The van der Waals surface area contributed by atoms with E-state index >= 15 is 0 Å². The molecule has 0 aromatic heterocycles. The Labute approximate surface area is 122 Å². The van der Waals surface area contributed by atoms with Crippen molar-refractivity contribution < 1.29 is 9.53 Å². The van der Waals surface area contributed by atoms with Crippen molar-refractivity contribution in [1.82, 2.24) is 0 Å². The van der Waals surface area contributed by atoms with Gasteiger partial charge in [-0.05, 0) is 35.8 Å². The van der Waals surface area contributed by atoms with E-state index in [-0.39, 0.29) is 5.41 Å². The molecule has 0 saturated carbocycles. The summed E-state index contributed by atoms with van der Waals surface area (Å²) in [6.45, 7) is 7.48. The maximum atomic E-state index is 12.0. The van der Waals surface area contributed by atoms with Crippen LogP contribution in [-0.4, -0.2) is 18.5 Å². The monoisotopic (exact) mass is 274 g/mol. The summed E-state index contributed by atoms with van der Waals surface area (Å²) in [5, 5.41) is 0. The van der Waals surface area contributed by atoms with Crippen LogP contribution < -0.4 is 0 Å². The number of ketones is 1. The smallest absolute Gasteiger partial charge is 0.137 e. The number of carbonyl (C=O) groups excluding carboxylic acids is 1. The van der Waals surface area contributed by atoms with Crippen molar-refractivity contribution in [1.29, 1.82) is 0 Å². The highest BCUT2D eigenvalue weighted by atomic mass is 16.5. The third kappa shape index (κ3) is 4.45. The molecule has 0 spiro atoms. The van der Waals surface area contributed by atoms with Gasteiger partial charge in [-0.3, -0.25) is 4.79 Å². The lowest BCUT2D eigenvalue weighted by Gasteiger charge is -2.19. The second-order valence-corrected chi connectivity index (χ2v) is 6.84. The Bertz CT molecular complexity index is 433. The molecule has 1 atom stereocenters. The molecule has 0 amide bonds. The fraction of sp³-hybridized carbons (Fsp3) is 0.611. The molecule has 20 heavy (non-hydrogen) atoms. The summed E-state index contributed by atoms with van der Waals surface area (Å²) in [7, 11) is 0. The molecule has 1 aromatic carbocycles. The van der Waals surface area contributed by atoms with Crippen LogP contribution in [0, 0.1) is 0 Å². The van der Waals surface area contributed by atoms with Crippen LogP contribution in [0.5, 0.6) is 0 Å². The van der Waals surface area contributed by atoms with Gasteiger partial charge in [0.1, 0.15) is 5.78 Å². The first-order valence-corrected chi connectivity index (χ1v) is 7.68. The Kier molecular flexibility index (Phi) is 4.98. The van der Waals surface area contributed by atoms with Gasteiger partial charge in [0.15, 0.2) is 0 Å². The molecular formula is C18H26O2. The van der Waals surface area contributed by atoms with Gasteiger partial charge in [-0.2, -0.15) is 0 Å². The predicted molar refractivity (Wildman–Crippen MR) is 82.1 cm³/mol. The molecule has 2 nitrogen and oxygen atoms in total. The number of ether oxygens (including phenoxy) is 1. The van der Waals surface area contributed by atoms with Gasteiger partial charge < -0.3 is 4.74 Å². The van der Waals surface area contributed by atoms with Crippen molar-refractivity contribution in [3.05, 3.63) is 35.4 Å². The maximum absolute atomic E-state index is 12.0. The average molecular weight is 274 g/mol. The lowest BCUT2D eigenvalue weighted by atomic mass is 9.86. The maximum Gasteiger partial charge on any atom is 0.137 e. The van der Waals surface area contributed by atoms with Crippen LogP contribution in [0.3, 0.4) is 0 Å². The minimum absolute atomic E-state index is 0.169. The Balaban J connectivity index is 1.81. The summed E-state index contributed by atoms with van der Waals surface area (Å²) in [6.07, 6.45) is 4.67. The highest BCUT2D eigenvalue weighted by Crippen LogP contribution is 2.22. The Morgan fingerprint density at radius 1 is 1.25 bits per heavy atom. The summed E-state index contributed by atoms with van der Waals surface area (Å²) in [6, 6.07) is 8.46. The Morgan fingerprint density at radius 2 is 1.95 bits per heavy atom.